The van der Waals surface area contributed by atoms with Crippen molar-refractivity contribution < 1.29 is 4.79 Å². The molecule has 2 atom stereocenters. The zero-order chi connectivity index (χ0) is 14.7. The molecular formula is C16H23ClN2O. The maximum atomic E-state index is 12.5. The Labute approximate surface area is 126 Å². The van der Waals surface area contributed by atoms with Crippen LogP contribution in [0, 0.1) is 5.92 Å². The van der Waals surface area contributed by atoms with Crippen molar-refractivity contribution in [2.45, 2.75) is 38.6 Å². The predicted octanol–water partition coefficient (Wildman–Crippen LogP) is 3.03. The number of carbonyl (C=O) groups is 1. The van der Waals surface area contributed by atoms with Crippen LogP contribution in [0.1, 0.15) is 38.2 Å². The molecule has 0 spiro atoms. The summed E-state index contributed by atoms with van der Waals surface area (Å²) in [7, 11) is 0. The minimum Gasteiger partial charge on any atom is -0.342 e. The summed E-state index contributed by atoms with van der Waals surface area (Å²) in [5, 5.41) is 0.679. The molecule has 1 amide bonds. The molecule has 2 rings (SSSR count). The van der Waals surface area contributed by atoms with Gasteiger partial charge in [-0.2, -0.15) is 0 Å². The van der Waals surface area contributed by atoms with Crippen LogP contribution < -0.4 is 5.73 Å². The van der Waals surface area contributed by atoms with Crippen molar-refractivity contribution in [3.63, 3.8) is 0 Å². The third kappa shape index (κ3) is 3.53. The molecule has 0 aromatic heterocycles. The molecule has 0 saturated carbocycles. The monoisotopic (exact) mass is 294 g/mol. The standard InChI is InChI=1S/C16H23ClN2O/c1-11(14-4-3-5-15(17)10-14)16(20)19-8-6-13(7-9-19)12(2)18/h3-5,10-13H,6-9,18H2,1-2H3. The molecule has 2 N–H and O–H groups in total. The Morgan fingerprint density at radius 2 is 2.00 bits per heavy atom. The summed E-state index contributed by atoms with van der Waals surface area (Å²) in [5.74, 6) is 0.594. The number of nitrogens with zero attached hydrogens (tertiary/aromatic N) is 1. The second kappa shape index (κ2) is 6.59. The number of benzene rings is 1. The first-order valence-electron chi connectivity index (χ1n) is 7.29. The van der Waals surface area contributed by atoms with E-state index in [1.807, 2.05) is 36.1 Å². The molecule has 1 aromatic rings. The van der Waals surface area contributed by atoms with Gasteiger partial charge in [-0.1, -0.05) is 23.7 Å². The van der Waals surface area contributed by atoms with Crippen LogP contribution in [0.5, 0.6) is 0 Å². The van der Waals surface area contributed by atoms with Gasteiger partial charge in [-0.3, -0.25) is 4.79 Å². The van der Waals surface area contributed by atoms with E-state index in [2.05, 4.69) is 6.92 Å². The summed E-state index contributed by atoms with van der Waals surface area (Å²) >= 11 is 5.99. The number of piperidine rings is 1. The van der Waals surface area contributed by atoms with E-state index in [4.69, 9.17) is 17.3 Å². The van der Waals surface area contributed by atoms with E-state index in [9.17, 15) is 4.79 Å². The largest absolute Gasteiger partial charge is 0.342 e. The van der Waals surface area contributed by atoms with Crippen molar-refractivity contribution in [1.82, 2.24) is 4.90 Å². The smallest absolute Gasteiger partial charge is 0.229 e. The van der Waals surface area contributed by atoms with Gasteiger partial charge in [0.05, 0.1) is 5.92 Å². The van der Waals surface area contributed by atoms with Crippen molar-refractivity contribution in [3.8, 4) is 0 Å². The van der Waals surface area contributed by atoms with E-state index < -0.39 is 0 Å². The van der Waals surface area contributed by atoms with Gasteiger partial charge in [0.25, 0.3) is 0 Å². The molecule has 1 aromatic carbocycles. The van der Waals surface area contributed by atoms with E-state index in [-0.39, 0.29) is 17.9 Å². The van der Waals surface area contributed by atoms with Gasteiger partial charge in [0.2, 0.25) is 5.91 Å². The van der Waals surface area contributed by atoms with Gasteiger partial charge < -0.3 is 10.6 Å². The first-order valence-corrected chi connectivity index (χ1v) is 7.66. The Morgan fingerprint density at radius 1 is 1.35 bits per heavy atom. The van der Waals surface area contributed by atoms with Gasteiger partial charge >= 0.3 is 0 Å². The molecule has 3 nitrogen and oxygen atoms in total. The van der Waals surface area contributed by atoms with Crippen molar-refractivity contribution in [1.29, 1.82) is 0 Å². The molecule has 4 heteroatoms. The Hall–Kier alpha value is -1.06. The number of amides is 1. The van der Waals surface area contributed by atoms with Crippen molar-refractivity contribution in [2.75, 3.05) is 13.1 Å². The molecule has 0 bridgehead atoms. The molecule has 0 aliphatic carbocycles. The number of halogens is 1. The highest BCUT2D eigenvalue weighted by Gasteiger charge is 2.27. The normalized spacial score (nSPS) is 19.7. The van der Waals surface area contributed by atoms with Crippen molar-refractivity contribution >= 4 is 17.5 Å². The minimum absolute atomic E-state index is 0.138. The number of hydrogen-bond acceptors (Lipinski definition) is 2. The van der Waals surface area contributed by atoms with Crippen LogP contribution in [0.15, 0.2) is 24.3 Å². The van der Waals surface area contributed by atoms with Crippen LogP contribution in [-0.2, 0) is 4.79 Å². The maximum absolute atomic E-state index is 12.5. The lowest BCUT2D eigenvalue weighted by Crippen LogP contribution is -2.43. The van der Waals surface area contributed by atoms with Crippen LogP contribution in [-0.4, -0.2) is 29.9 Å². The zero-order valence-corrected chi connectivity index (χ0v) is 12.9. The number of rotatable bonds is 3. The molecule has 20 heavy (non-hydrogen) atoms. The van der Waals surface area contributed by atoms with E-state index >= 15 is 0 Å². The second-order valence-electron chi connectivity index (χ2n) is 5.80. The minimum atomic E-state index is -0.138. The Bertz CT molecular complexity index is 467. The number of likely N-dealkylation sites (tertiary alicyclic amines) is 1. The summed E-state index contributed by atoms with van der Waals surface area (Å²) in [6.45, 7) is 5.63. The van der Waals surface area contributed by atoms with E-state index in [0.717, 1.165) is 31.5 Å². The fourth-order valence-electron chi connectivity index (χ4n) is 2.84. The highest BCUT2D eigenvalue weighted by Crippen LogP contribution is 2.25. The molecule has 0 radical (unpaired) electrons. The first-order chi connectivity index (χ1) is 9.49. The average Bonchev–Trinajstić information content (AvgIpc) is 2.46. The summed E-state index contributed by atoms with van der Waals surface area (Å²) in [6, 6.07) is 7.78. The van der Waals surface area contributed by atoms with Crippen molar-refractivity contribution in [2.24, 2.45) is 11.7 Å². The van der Waals surface area contributed by atoms with Gasteiger partial charge in [0.1, 0.15) is 0 Å². The van der Waals surface area contributed by atoms with Crippen LogP contribution in [0.25, 0.3) is 0 Å². The molecular weight excluding hydrogens is 272 g/mol. The van der Waals surface area contributed by atoms with Gasteiger partial charge in [-0.25, -0.2) is 0 Å². The van der Waals surface area contributed by atoms with Crippen LogP contribution >= 0.6 is 11.6 Å². The fraction of sp³-hybridized carbons (Fsp3) is 0.562. The third-order valence-electron chi connectivity index (χ3n) is 4.31. The summed E-state index contributed by atoms with van der Waals surface area (Å²) in [4.78, 5) is 14.5. The molecule has 1 fully saturated rings. The predicted molar refractivity (Wildman–Crippen MR) is 82.8 cm³/mol. The molecule has 1 aliphatic heterocycles. The fourth-order valence-corrected chi connectivity index (χ4v) is 3.04. The Morgan fingerprint density at radius 3 is 2.55 bits per heavy atom. The summed E-state index contributed by atoms with van der Waals surface area (Å²) in [5.41, 5.74) is 6.92. The molecule has 110 valence electrons. The summed E-state index contributed by atoms with van der Waals surface area (Å²) < 4.78 is 0. The molecule has 1 aliphatic rings. The highest BCUT2D eigenvalue weighted by atomic mass is 35.5. The lowest BCUT2D eigenvalue weighted by Gasteiger charge is -2.35. The van der Waals surface area contributed by atoms with Crippen molar-refractivity contribution in [3.05, 3.63) is 34.9 Å². The van der Waals surface area contributed by atoms with Gasteiger partial charge in [0.15, 0.2) is 0 Å². The number of hydrogen-bond donors (Lipinski definition) is 1. The van der Waals surface area contributed by atoms with Gasteiger partial charge in [-0.15, -0.1) is 0 Å². The zero-order valence-electron chi connectivity index (χ0n) is 12.2. The van der Waals surface area contributed by atoms with Crippen LogP contribution in [0.3, 0.4) is 0 Å². The van der Waals surface area contributed by atoms with Gasteiger partial charge in [-0.05, 0) is 50.3 Å². The molecule has 1 saturated heterocycles. The number of nitrogens with two attached hydrogens (primary N) is 1. The molecule has 2 unspecified atom stereocenters. The van der Waals surface area contributed by atoms with Crippen LogP contribution in [0.2, 0.25) is 5.02 Å². The maximum Gasteiger partial charge on any atom is 0.229 e. The second-order valence-corrected chi connectivity index (χ2v) is 6.23. The van der Waals surface area contributed by atoms with E-state index in [0.29, 0.717) is 10.9 Å². The number of carbonyl (C=O) groups excluding carboxylic acids is 1. The lowest BCUT2D eigenvalue weighted by molar-refractivity contribution is -0.133. The lowest BCUT2D eigenvalue weighted by atomic mass is 9.90. The van der Waals surface area contributed by atoms with E-state index in [1.165, 1.54) is 0 Å². The topological polar surface area (TPSA) is 46.3 Å². The van der Waals surface area contributed by atoms with E-state index in [1.54, 1.807) is 0 Å². The quantitative estimate of drug-likeness (QED) is 0.931. The Balaban J connectivity index is 1.98. The SMILES string of the molecule is CC(C(=O)N1CCC(C(C)N)CC1)c1cccc(Cl)c1. The third-order valence-corrected chi connectivity index (χ3v) is 4.55. The Kier molecular flexibility index (Phi) is 5.06. The summed E-state index contributed by atoms with van der Waals surface area (Å²) in [6.07, 6.45) is 2.01. The highest BCUT2D eigenvalue weighted by molar-refractivity contribution is 6.30. The first kappa shape index (κ1) is 15.3. The molecule has 1 heterocycles. The van der Waals surface area contributed by atoms with Crippen LogP contribution in [0.4, 0.5) is 0 Å². The average molecular weight is 295 g/mol. The van der Waals surface area contributed by atoms with Gasteiger partial charge in [0, 0.05) is 24.2 Å².